The quantitative estimate of drug-likeness (QED) is 0.370. The summed E-state index contributed by atoms with van der Waals surface area (Å²) < 4.78 is 36.2. The van der Waals surface area contributed by atoms with Crippen molar-refractivity contribution in [3.63, 3.8) is 0 Å². The van der Waals surface area contributed by atoms with Crippen LogP contribution in [0.1, 0.15) is 11.3 Å². The summed E-state index contributed by atoms with van der Waals surface area (Å²) in [5.41, 5.74) is 3.88. The largest absolute Gasteiger partial charge is 0.222 e. The summed E-state index contributed by atoms with van der Waals surface area (Å²) in [5.74, 6) is 0. The van der Waals surface area contributed by atoms with E-state index in [2.05, 4.69) is 66.9 Å². The van der Waals surface area contributed by atoms with Crippen LogP contribution >= 0.6 is 0 Å². The van der Waals surface area contributed by atoms with Crippen molar-refractivity contribution in [2.45, 2.75) is 13.8 Å². The molecular formula is C15H14ClNO4. The molecule has 1 aromatic carbocycles. The molecule has 0 radical (unpaired) electrons. The maximum absolute atomic E-state index is 8.49. The normalized spacial score (nSPS) is 11.3. The Morgan fingerprint density at radius 1 is 0.905 bits per heavy atom. The predicted molar refractivity (Wildman–Crippen MR) is 66.6 cm³/mol. The van der Waals surface area contributed by atoms with Crippen molar-refractivity contribution in [3.8, 4) is 0 Å². The Balaban J connectivity index is 0.000000282. The van der Waals surface area contributed by atoms with E-state index in [1.54, 1.807) is 0 Å². The van der Waals surface area contributed by atoms with Crippen LogP contribution in [0.25, 0.3) is 16.3 Å². The minimum absolute atomic E-state index is 1.28. The Hall–Kier alpha value is -1.76. The maximum Gasteiger partial charge on any atom is 0.218 e. The summed E-state index contributed by atoms with van der Waals surface area (Å²) in [6.45, 7) is 4.30. The number of nitrogens with zero attached hydrogens (tertiary/aromatic N) is 1. The molecule has 2 heterocycles. The van der Waals surface area contributed by atoms with Gasteiger partial charge in [-0.25, -0.2) is 18.6 Å². The van der Waals surface area contributed by atoms with Crippen molar-refractivity contribution in [2.24, 2.45) is 0 Å². The molecule has 0 saturated heterocycles. The third kappa shape index (κ3) is 4.10. The molecular weight excluding hydrogens is 294 g/mol. The summed E-state index contributed by atoms with van der Waals surface area (Å²) >= 11 is 0. The Labute approximate surface area is 124 Å². The minimum atomic E-state index is -4.94. The molecule has 0 unspecified atom stereocenters. The fraction of sp³-hybridized carbons (Fsp3) is 0.133. The standard InChI is InChI=1S/C15H14N.ClHO4/c1-11-9-12(2)16-8-7-13-5-3-4-6-14(13)15(16)10-11;2-1(3,4)5/h3-10H,1-2H3;(H,2,3,4,5)/q+1;/p-1. The van der Waals surface area contributed by atoms with Crippen LogP contribution in [0.2, 0.25) is 0 Å². The van der Waals surface area contributed by atoms with Crippen LogP contribution in [0, 0.1) is 24.1 Å². The second-order valence-electron chi connectivity index (χ2n) is 4.71. The molecule has 0 spiro atoms. The van der Waals surface area contributed by atoms with Gasteiger partial charge in [0.2, 0.25) is 5.52 Å². The highest BCUT2D eigenvalue weighted by Gasteiger charge is 2.10. The summed E-state index contributed by atoms with van der Waals surface area (Å²) in [6, 6.07) is 15.2. The highest BCUT2D eigenvalue weighted by Crippen LogP contribution is 2.17. The van der Waals surface area contributed by atoms with E-state index in [1.807, 2.05) is 0 Å². The van der Waals surface area contributed by atoms with Gasteiger partial charge in [-0.05, 0) is 23.9 Å². The molecule has 21 heavy (non-hydrogen) atoms. The second-order valence-corrected chi connectivity index (χ2v) is 5.47. The van der Waals surface area contributed by atoms with E-state index in [0.29, 0.717) is 0 Å². The Morgan fingerprint density at radius 2 is 1.52 bits per heavy atom. The highest BCUT2D eigenvalue weighted by atomic mass is 35.7. The van der Waals surface area contributed by atoms with Crippen molar-refractivity contribution in [1.29, 1.82) is 0 Å². The van der Waals surface area contributed by atoms with Gasteiger partial charge in [0.1, 0.15) is 0 Å². The van der Waals surface area contributed by atoms with Crippen LogP contribution in [-0.2, 0) is 0 Å². The SMILES string of the molecule is Cc1cc(C)[n+]2ccc3ccccc3c2c1.[O-][Cl+3]([O-])([O-])[O-]. The molecule has 0 aliphatic heterocycles. The molecule has 0 aliphatic rings. The average molecular weight is 308 g/mol. The van der Waals surface area contributed by atoms with Crippen LogP contribution in [0.4, 0.5) is 0 Å². The summed E-state index contributed by atoms with van der Waals surface area (Å²) in [6.07, 6.45) is 2.15. The van der Waals surface area contributed by atoms with Crippen molar-refractivity contribution < 1.29 is 33.3 Å². The van der Waals surface area contributed by atoms with E-state index in [9.17, 15) is 0 Å². The van der Waals surface area contributed by atoms with E-state index >= 15 is 0 Å². The molecule has 3 aromatic rings. The second kappa shape index (κ2) is 5.93. The first-order chi connectivity index (χ1) is 9.75. The lowest BCUT2D eigenvalue weighted by atomic mass is 10.1. The molecule has 5 nitrogen and oxygen atoms in total. The summed E-state index contributed by atoms with van der Waals surface area (Å²) in [7, 11) is -4.94. The third-order valence-electron chi connectivity index (χ3n) is 3.08. The third-order valence-corrected chi connectivity index (χ3v) is 3.08. The molecule has 0 N–H and O–H groups in total. The Bertz CT molecular complexity index is 778. The number of hydrogen-bond donors (Lipinski definition) is 0. The number of halogens is 1. The van der Waals surface area contributed by atoms with Crippen LogP contribution in [0.15, 0.2) is 48.7 Å². The van der Waals surface area contributed by atoms with Gasteiger partial charge in [0, 0.05) is 25.1 Å². The first-order valence-electron chi connectivity index (χ1n) is 6.18. The van der Waals surface area contributed by atoms with Gasteiger partial charge in [-0.15, -0.1) is 10.2 Å². The monoisotopic (exact) mass is 307 g/mol. The fourth-order valence-corrected chi connectivity index (χ4v) is 2.35. The van der Waals surface area contributed by atoms with E-state index in [0.717, 1.165) is 0 Å². The Kier molecular flexibility index (Phi) is 4.41. The molecule has 0 fully saturated rings. The van der Waals surface area contributed by atoms with E-state index in [1.165, 1.54) is 27.5 Å². The van der Waals surface area contributed by atoms with Gasteiger partial charge in [-0.2, -0.15) is 4.40 Å². The van der Waals surface area contributed by atoms with Crippen LogP contribution in [0.5, 0.6) is 0 Å². The van der Waals surface area contributed by atoms with Crippen molar-refractivity contribution in [2.75, 3.05) is 0 Å². The van der Waals surface area contributed by atoms with Crippen molar-refractivity contribution in [3.05, 3.63) is 59.9 Å². The van der Waals surface area contributed by atoms with Gasteiger partial charge in [-0.1, -0.05) is 18.2 Å². The number of hydrogen-bond acceptors (Lipinski definition) is 4. The first kappa shape index (κ1) is 15.6. The smallest absolute Gasteiger partial charge is 0.218 e. The zero-order chi connectivity index (χ0) is 15.6. The maximum atomic E-state index is 8.49. The van der Waals surface area contributed by atoms with Crippen molar-refractivity contribution in [1.82, 2.24) is 0 Å². The number of aromatic nitrogens is 1. The topological polar surface area (TPSA) is 96.3 Å². The molecule has 110 valence electrons. The predicted octanol–water partition coefficient (Wildman–Crippen LogP) is -1.56. The minimum Gasteiger partial charge on any atom is -0.222 e. The van der Waals surface area contributed by atoms with Crippen molar-refractivity contribution >= 4 is 16.3 Å². The van der Waals surface area contributed by atoms with Gasteiger partial charge in [0.15, 0.2) is 11.9 Å². The van der Waals surface area contributed by atoms with Gasteiger partial charge in [-0.3, -0.25) is 0 Å². The number of benzene rings is 1. The van der Waals surface area contributed by atoms with E-state index in [-0.39, 0.29) is 0 Å². The molecule has 0 amide bonds. The first-order valence-corrected chi connectivity index (χ1v) is 7.41. The molecule has 3 rings (SSSR count). The molecule has 2 aromatic heterocycles. The van der Waals surface area contributed by atoms with Crippen LogP contribution in [0.3, 0.4) is 0 Å². The van der Waals surface area contributed by atoms with Gasteiger partial charge in [0.25, 0.3) is 0 Å². The van der Waals surface area contributed by atoms with E-state index in [4.69, 9.17) is 18.6 Å². The van der Waals surface area contributed by atoms with Gasteiger partial charge < -0.3 is 0 Å². The number of pyridine rings is 2. The van der Waals surface area contributed by atoms with Crippen LogP contribution in [-0.4, -0.2) is 0 Å². The lowest BCUT2D eigenvalue weighted by molar-refractivity contribution is -2.00. The lowest BCUT2D eigenvalue weighted by Crippen LogP contribution is -2.68. The molecule has 6 heteroatoms. The average Bonchev–Trinajstić information content (AvgIpc) is 2.36. The highest BCUT2D eigenvalue weighted by molar-refractivity contribution is 5.93. The Morgan fingerprint density at radius 3 is 2.19 bits per heavy atom. The molecule has 0 atom stereocenters. The van der Waals surface area contributed by atoms with Crippen LogP contribution < -0.4 is 23.0 Å². The molecule has 0 aliphatic carbocycles. The fourth-order valence-electron chi connectivity index (χ4n) is 2.35. The zero-order valence-corrected chi connectivity index (χ0v) is 12.3. The number of rotatable bonds is 0. The zero-order valence-electron chi connectivity index (χ0n) is 11.6. The van der Waals surface area contributed by atoms with Gasteiger partial charge in [0.05, 0.1) is 5.39 Å². The molecule has 0 bridgehead atoms. The lowest BCUT2D eigenvalue weighted by Gasteiger charge is -2.17. The van der Waals surface area contributed by atoms with E-state index < -0.39 is 10.2 Å². The van der Waals surface area contributed by atoms with Gasteiger partial charge >= 0.3 is 0 Å². The molecule has 0 saturated carbocycles. The number of aryl methyl sites for hydroxylation is 2. The summed E-state index contributed by atoms with van der Waals surface area (Å²) in [4.78, 5) is 0. The number of fused-ring (bicyclic) bond motifs is 3. The summed E-state index contributed by atoms with van der Waals surface area (Å²) in [5, 5.41) is 2.62.